The molecule has 2 aromatic carbocycles. The molecule has 136 valence electrons. The fourth-order valence-electron chi connectivity index (χ4n) is 2.18. The van der Waals surface area contributed by atoms with E-state index in [2.05, 4.69) is 5.32 Å². The third-order valence-electron chi connectivity index (χ3n) is 3.41. The van der Waals surface area contributed by atoms with Gasteiger partial charge in [0.1, 0.15) is 0 Å². The standard InChI is InChI=1S/C16H10ClF3N2O4/c17-8-3-7(4-11-15(8)26-6-25-11)16(24)21-5-12(23)22-10-2-1-9(18)13(19)14(10)20/h1-4H,5-6H2,(H,21,24)(H,22,23). The van der Waals surface area contributed by atoms with Crippen molar-refractivity contribution in [3.8, 4) is 11.5 Å². The molecule has 2 N–H and O–H groups in total. The van der Waals surface area contributed by atoms with Crippen LogP contribution in [0.3, 0.4) is 0 Å². The van der Waals surface area contributed by atoms with E-state index >= 15 is 0 Å². The third kappa shape index (κ3) is 3.52. The summed E-state index contributed by atoms with van der Waals surface area (Å²) in [5.41, 5.74) is -0.430. The summed E-state index contributed by atoms with van der Waals surface area (Å²) in [6.07, 6.45) is 0. The Morgan fingerprint density at radius 3 is 2.65 bits per heavy atom. The number of hydrogen-bond acceptors (Lipinski definition) is 4. The number of carbonyl (C=O) groups excluding carboxylic acids is 2. The molecular weight excluding hydrogens is 377 g/mol. The van der Waals surface area contributed by atoms with Crippen molar-refractivity contribution in [2.24, 2.45) is 0 Å². The maximum Gasteiger partial charge on any atom is 0.251 e. The van der Waals surface area contributed by atoms with E-state index in [1.54, 1.807) is 0 Å². The van der Waals surface area contributed by atoms with Crippen LogP contribution in [0.2, 0.25) is 5.02 Å². The molecule has 6 nitrogen and oxygen atoms in total. The van der Waals surface area contributed by atoms with Crippen LogP contribution in [0.15, 0.2) is 24.3 Å². The van der Waals surface area contributed by atoms with Gasteiger partial charge in [0.25, 0.3) is 5.91 Å². The molecule has 0 aliphatic carbocycles. The summed E-state index contributed by atoms with van der Waals surface area (Å²) in [6, 6.07) is 4.25. The summed E-state index contributed by atoms with van der Waals surface area (Å²) in [5, 5.41) is 4.48. The molecule has 0 aromatic heterocycles. The SMILES string of the molecule is O=C(CNC(=O)c1cc(Cl)c2c(c1)OCO2)Nc1ccc(F)c(F)c1F. The number of ether oxygens (including phenoxy) is 2. The lowest BCUT2D eigenvalue weighted by atomic mass is 10.2. The minimum absolute atomic E-state index is 0.0255. The molecular formula is C16H10ClF3N2O4. The second-order valence-corrected chi connectivity index (χ2v) is 5.55. The lowest BCUT2D eigenvalue weighted by Gasteiger charge is -2.09. The van der Waals surface area contributed by atoms with Gasteiger partial charge in [-0.1, -0.05) is 11.6 Å². The molecule has 0 saturated heterocycles. The first-order valence-electron chi connectivity index (χ1n) is 7.17. The van der Waals surface area contributed by atoms with Gasteiger partial charge in [0.05, 0.1) is 17.3 Å². The average molecular weight is 387 g/mol. The largest absolute Gasteiger partial charge is 0.454 e. The zero-order valence-corrected chi connectivity index (χ0v) is 13.6. The summed E-state index contributed by atoms with van der Waals surface area (Å²) in [6.45, 7) is -0.564. The van der Waals surface area contributed by atoms with Gasteiger partial charge >= 0.3 is 0 Å². The lowest BCUT2D eigenvalue weighted by Crippen LogP contribution is -2.33. The van der Waals surface area contributed by atoms with E-state index in [4.69, 9.17) is 21.1 Å². The van der Waals surface area contributed by atoms with Gasteiger partial charge in [0, 0.05) is 5.56 Å². The predicted octanol–water partition coefficient (Wildman–Crippen LogP) is 2.85. The number of benzene rings is 2. The number of anilines is 1. The van der Waals surface area contributed by atoms with E-state index in [0.29, 0.717) is 11.8 Å². The van der Waals surface area contributed by atoms with Crippen LogP contribution in [0.1, 0.15) is 10.4 Å². The summed E-state index contributed by atoms with van der Waals surface area (Å²) < 4.78 is 49.7. The van der Waals surface area contributed by atoms with Gasteiger partial charge in [-0.25, -0.2) is 13.2 Å². The van der Waals surface area contributed by atoms with Gasteiger partial charge in [0.2, 0.25) is 12.7 Å². The number of nitrogens with one attached hydrogen (secondary N) is 2. The van der Waals surface area contributed by atoms with Gasteiger partial charge < -0.3 is 20.1 Å². The minimum atomic E-state index is -1.71. The van der Waals surface area contributed by atoms with Crippen LogP contribution in [0.4, 0.5) is 18.9 Å². The van der Waals surface area contributed by atoms with Crippen molar-refractivity contribution in [2.75, 3.05) is 18.7 Å². The van der Waals surface area contributed by atoms with Crippen molar-refractivity contribution >= 4 is 29.1 Å². The highest BCUT2D eigenvalue weighted by Gasteiger charge is 2.21. The number of amides is 2. The molecule has 26 heavy (non-hydrogen) atoms. The lowest BCUT2D eigenvalue weighted by molar-refractivity contribution is -0.115. The average Bonchev–Trinajstić information content (AvgIpc) is 3.09. The molecule has 3 rings (SSSR count). The van der Waals surface area contributed by atoms with Crippen LogP contribution >= 0.6 is 11.6 Å². The molecule has 0 spiro atoms. The Bertz CT molecular complexity index is 908. The Morgan fingerprint density at radius 1 is 1.12 bits per heavy atom. The summed E-state index contributed by atoms with van der Waals surface area (Å²) >= 11 is 5.96. The van der Waals surface area contributed by atoms with Crippen molar-refractivity contribution in [1.82, 2.24) is 5.32 Å². The molecule has 2 amide bonds. The summed E-state index contributed by atoms with van der Waals surface area (Å²) in [5.74, 6) is -5.51. The molecule has 0 fully saturated rings. The Hall–Kier alpha value is -2.94. The molecule has 1 aliphatic heterocycles. The van der Waals surface area contributed by atoms with Crippen LogP contribution in [0.25, 0.3) is 0 Å². The zero-order valence-electron chi connectivity index (χ0n) is 12.9. The van der Waals surface area contributed by atoms with Crippen molar-refractivity contribution in [1.29, 1.82) is 0 Å². The molecule has 0 unspecified atom stereocenters. The smallest absolute Gasteiger partial charge is 0.251 e. The quantitative estimate of drug-likeness (QED) is 0.792. The highest BCUT2D eigenvalue weighted by molar-refractivity contribution is 6.32. The third-order valence-corrected chi connectivity index (χ3v) is 3.69. The monoisotopic (exact) mass is 386 g/mol. The maximum absolute atomic E-state index is 13.5. The molecule has 2 aromatic rings. The van der Waals surface area contributed by atoms with Gasteiger partial charge in [-0.2, -0.15) is 0 Å². The van der Waals surface area contributed by atoms with Gasteiger partial charge in [-0.05, 0) is 24.3 Å². The highest BCUT2D eigenvalue weighted by atomic mass is 35.5. The Morgan fingerprint density at radius 2 is 1.88 bits per heavy atom. The fourth-order valence-corrected chi connectivity index (χ4v) is 2.44. The Labute approximate surface area is 149 Å². The Kier molecular flexibility index (Phi) is 4.90. The first-order chi connectivity index (χ1) is 12.4. The van der Waals surface area contributed by atoms with E-state index < -0.39 is 41.5 Å². The van der Waals surface area contributed by atoms with Crippen molar-refractivity contribution < 1.29 is 32.2 Å². The molecule has 0 radical (unpaired) electrons. The van der Waals surface area contributed by atoms with Crippen LogP contribution < -0.4 is 20.1 Å². The fraction of sp³-hybridized carbons (Fsp3) is 0.125. The number of halogens is 4. The number of carbonyl (C=O) groups is 2. The van der Waals surface area contributed by atoms with E-state index in [-0.39, 0.29) is 23.1 Å². The predicted molar refractivity (Wildman–Crippen MR) is 84.9 cm³/mol. The second-order valence-electron chi connectivity index (χ2n) is 5.15. The number of rotatable bonds is 4. The van der Waals surface area contributed by atoms with E-state index in [0.717, 1.165) is 6.07 Å². The highest BCUT2D eigenvalue weighted by Crippen LogP contribution is 2.39. The van der Waals surface area contributed by atoms with Crippen LogP contribution in [0, 0.1) is 17.5 Å². The first kappa shape index (κ1) is 17.9. The molecule has 1 heterocycles. The molecule has 0 bridgehead atoms. The van der Waals surface area contributed by atoms with E-state index in [1.807, 2.05) is 5.32 Å². The Balaban J connectivity index is 1.62. The van der Waals surface area contributed by atoms with Gasteiger partial charge in [0.15, 0.2) is 29.0 Å². The van der Waals surface area contributed by atoms with E-state index in [9.17, 15) is 22.8 Å². The normalized spacial score (nSPS) is 12.0. The van der Waals surface area contributed by atoms with Crippen LogP contribution in [0.5, 0.6) is 11.5 Å². The maximum atomic E-state index is 13.5. The van der Waals surface area contributed by atoms with Gasteiger partial charge in [-0.3, -0.25) is 9.59 Å². The molecule has 10 heteroatoms. The van der Waals surface area contributed by atoms with Crippen LogP contribution in [-0.4, -0.2) is 25.2 Å². The topological polar surface area (TPSA) is 76.7 Å². The molecule has 0 atom stereocenters. The van der Waals surface area contributed by atoms with Crippen LogP contribution in [-0.2, 0) is 4.79 Å². The van der Waals surface area contributed by atoms with E-state index in [1.165, 1.54) is 12.1 Å². The van der Waals surface area contributed by atoms with Crippen molar-refractivity contribution in [3.63, 3.8) is 0 Å². The minimum Gasteiger partial charge on any atom is -0.454 e. The molecule has 0 saturated carbocycles. The van der Waals surface area contributed by atoms with Gasteiger partial charge in [-0.15, -0.1) is 0 Å². The molecule has 1 aliphatic rings. The summed E-state index contributed by atoms with van der Waals surface area (Å²) in [4.78, 5) is 23.9. The summed E-state index contributed by atoms with van der Waals surface area (Å²) in [7, 11) is 0. The first-order valence-corrected chi connectivity index (χ1v) is 7.55. The van der Waals surface area contributed by atoms with Crippen molar-refractivity contribution in [3.05, 3.63) is 52.3 Å². The van der Waals surface area contributed by atoms with Crippen molar-refractivity contribution in [2.45, 2.75) is 0 Å². The second kappa shape index (κ2) is 7.12. The zero-order chi connectivity index (χ0) is 18.8. The number of hydrogen-bond donors (Lipinski definition) is 2. The number of fused-ring (bicyclic) bond motifs is 1.